The van der Waals surface area contributed by atoms with Gasteiger partial charge in [0.25, 0.3) is 11.8 Å². The van der Waals surface area contributed by atoms with Crippen molar-refractivity contribution in [3.05, 3.63) is 105 Å². The maximum Gasteiger partial charge on any atom is 0.258 e. The number of carbonyl (C=O) groups is 2. The lowest BCUT2D eigenvalue weighted by Crippen LogP contribution is -2.35. The maximum atomic E-state index is 14.3. The van der Waals surface area contributed by atoms with Gasteiger partial charge in [0.2, 0.25) is 0 Å². The van der Waals surface area contributed by atoms with Crippen LogP contribution in [0.4, 0.5) is 4.39 Å². The molecular formula is C29H28Cl2FN3O2. The monoisotopic (exact) mass is 539 g/mol. The van der Waals surface area contributed by atoms with Crippen molar-refractivity contribution in [3.63, 3.8) is 0 Å². The molecule has 1 N–H and O–H groups in total. The van der Waals surface area contributed by atoms with Gasteiger partial charge in [0.15, 0.2) is 0 Å². The third-order valence-corrected chi connectivity index (χ3v) is 7.94. The van der Waals surface area contributed by atoms with Crippen molar-refractivity contribution >= 4 is 35.0 Å². The first-order valence-corrected chi connectivity index (χ1v) is 13.2. The largest absolute Gasteiger partial charge is 0.345 e. The van der Waals surface area contributed by atoms with E-state index in [-0.39, 0.29) is 28.4 Å². The van der Waals surface area contributed by atoms with Crippen molar-refractivity contribution in [3.8, 4) is 0 Å². The van der Waals surface area contributed by atoms with E-state index < -0.39 is 5.82 Å². The van der Waals surface area contributed by atoms with E-state index in [1.807, 2.05) is 30.3 Å². The van der Waals surface area contributed by atoms with Crippen LogP contribution in [0.1, 0.15) is 38.7 Å². The molecule has 0 radical (unpaired) electrons. The number of nitrogens with zero attached hydrogens (tertiary/aromatic N) is 2. The molecule has 3 atom stereocenters. The minimum Gasteiger partial charge on any atom is -0.345 e. The van der Waals surface area contributed by atoms with Gasteiger partial charge in [0.05, 0.1) is 16.6 Å². The van der Waals surface area contributed by atoms with Gasteiger partial charge in [-0.1, -0.05) is 59.6 Å². The molecule has 3 aromatic rings. The Morgan fingerprint density at radius 1 is 0.892 bits per heavy atom. The SMILES string of the molecule is O=C(NC(CCN1CC2CN(C(=O)c3c(F)cccc3Cl)C[C@@H]2C1)c1ccccc1)c1ccc(Cl)cc1. The van der Waals surface area contributed by atoms with Crippen LogP contribution in [0.3, 0.4) is 0 Å². The number of nitrogens with one attached hydrogen (secondary N) is 1. The number of likely N-dealkylation sites (tertiary alicyclic amines) is 2. The molecule has 8 heteroatoms. The van der Waals surface area contributed by atoms with Gasteiger partial charge in [-0.3, -0.25) is 9.59 Å². The molecule has 0 aromatic heterocycles. The number of halogens is 3. The quantitative estimate of drug-likeness (QED) is 0.419. The second-order valence-electron chi connectivity index (χ2n) is 9.82. The van der Waals surface area contributed by atoms with Gasteiger partial charge in [-0.15, -0.1) is 0 Å². The molecule has 0 aliphatic carbocycles. The van der Waals surface area contributed by atoms with Gasteiger partial charge in [0.1, 0.15) is 5.82 Å². The predicted molar refractivity (Wildman–Crippen MR) is 143 cm³/mol. The highest BCUT2D eigenvalue weighted by Crippen LogP contribution is 2.34. The maximum absolute atomic E-state index is 14.3. The third kappa shape index (κ3) is 5.82. The number of hydrogen-bond donors (Lipinski definition) is 1. The Morgan fingerprint density at radius 3 is 2.22 bits per heavy atom. The fraction of sp³-hybridized carbons (Fsp3) is 0.310. The minimum absolute atomic E-state index is 0.0388. The standard InChI is InChI=1S/C29H28Cl2FN3O2/c30-23-11-9-20(10-12-23)28(36)33-26(19-5-2-1-3-6-19)13-14-34-15-21-17-35(18-22(21)16-34)29(37)27-24(31)7-4-8-25(27)32/h1-12,21-22,26H,13-18H2,(H,33,36)/t21-,22?,26?/m0/s1. The van der Waals surface area contributed by atoms with Crippen molar-refractivity contribution in [1.82, 2.24) is 15.1 Å². The minimum atomic E-state index is -0.580. The van der Waals surface area contributed by atoms with Crippen LogP contribution in [0, 0.1) is 17.7 Å². The van der Waals surface area contributed by atoms with Crippen LogP contribution in [0.2, 0.25) is 10.0 Å². The highest BCUT2D eigenvalue weighted by molar-refractivity contribution is 6.33. The first-order valence-electron chi connectivity index (χ1n) is 12.5. The van der Waals surface area contributed by atoms with Crippen LogP contribution in [0.5, 0.6) is 0 Å². The summed E-state index contributed by atoms with van der Waals surface area (Å²) in [5.41, 5.74) is 1.59. The fourth-order valence-corrected chi connectivity index (χ4v) is 5.83. The van der Waals surface area contributed by atoms with E-state index in [2.05, 4.69) is 10.2 Å². The molecule has 0 bridgehead atoms. The Bertz CT molecular complexity index is 1240. The molecule has 37 heavy (non-hydrogen) atoms. The summed E-state index contributed by atoms with van der Waals surface area (Å²) >= 11 is 12.1. The van der Waals surface area contributed by atoms with Gasteiger partial charge in [0, 0.05) is 43.3 Å². The number of amides is 2. The smallest absolute Gasteiger partial charge is 0.258 e. The molecule has 3 aromatic carbocycles. The van der Waals surface area contributed by atoms with Crippen molar-refractivity contribution in [2.75, 3.05) is 32.7 Å². The Hall–Kier alpha value is -2.93. The summed E-state index contributed by atoms with van der Waals surface area (Å²) in [6.45, 7) is 3.75. The van der Waals surface area contributed by atoms with E-state index in [9.17, 15) is 14.0 Å². The zero-order chi connectivity index (χ0) is 25.9. The number of carbonyl (C=O) groups excluding carboxylic acids is 2. The lowest BCUT2D eigenvalue weighted by molar-refractivity contribution is 0.0769. The summed E-state index contributed by atoms with van der Waals surface area (Å²) in [5, 5.41) is 3.92. The lowest BCUT2D eigenvalue weighted by Gasteiger charge is -2.25. The molecule has 2 aliphatic heterocycles. The first kappa shape index (κ1) is 25.7. The van der Waals surface area contributed by atoms with Gasteiger partial charge < -0.3 is 15.1 Å². The average Bonchev–Trinajstić information content (AvgIpc) is 3.46. The van der Waals surface area contributed by atoms with Gasteiger partial charge >= 0.3 is 0 Å². The van der Waals surface area contributed by atoms with E-state index in [0.717, 1.165) is 31.6 Å². The first-order chi connectivity index (χ1) is 17.9. The Balaban J connectivity index is 1.19. The molecule has 5 nitrogen and oxygen atoms in total. The van der Waals surface area contributed by atoms with E-state index in [1.165, 1.54) is 12.1 Å². The normalized spacial score (nSPS) is 20.0. The van der Waals surface area contributed by atoms with Gasteiger partial charge in [-0.2, -0.15) is 0 Å². The van der Waals surface area contributed by atoms with Crippen molar-refractivity contribution in [1.29, 1.82) is 0 Å². The predicted octanol–water partition coefficient (Wildman–Crippen LogP) is 5.70. The van der Waals surface area contributed by atoms with E-state index in [4.69, 9.17) is 23.2 Å². The topological polar surface area (TPSA) is 52.7 Å². The van der Waals surface area contributed by atoms with Gasteiger partial charge in [-0.25, -0.2) is 4.39 Å². The molecule has 5 rings (SSSR count). The van der Waals surface area contributed by atoms with Crippen LogP contribution in [-0.2, 0) is 0 Å². The average molecular weight is 540 g/mol. The van der Waals surface area contributed by atoms with Crippen LogP contribution in [0.25, 0.3) is 0 Å². The molecule has 2 aliphatic rings. The molecule has 2 heterocycles. The van der Waals surface area contributed by atoms with E-state index >= 15 is 0 Å². The third-order valence-electron chi connectivity index (χ3n) is 7.37. The number of benzene rings is 3. The Kier molecular flexibility index (Phi) is 7.79. The van der Waals surface area contributed by atoms with Crippen molar-refractivity contribution in [2.24, 2.45) is 11.8 Å². The summed E-state index contributed by atoms with van der Waals surface area (Å²) in [6.07, 6.45) is 0.760. The Morgan fingerprint density at radius 2 is 1.57 bits per heavy atom. The zero-order valence-corrected chi connectivity index (χ0v) is 21.8. The molecule has 0 saturated carbocycles. The van der Waals surface area contributed by atoms with E-state index in [1.54, 1.807) is 35.2 Å². The van der Waals surface area contributed by atoms with Gasteiger partial charge in [-0.05, 0) is 60.2 Å². The van der Waals surface area contributed by atoms with Crippen molar-refractivity contribution < 1.29 is 14.0 Å². The number of fused-ring (bicyclic) bond motifs is 1. The number of hydrogen-bond acceptors (Lipinski definition) is 3. The van der Waals surface area contributed by atoms with Crippen LogP contribution >= 0.6 is 23.2 Å². The van der Waals surface area contributed by atoms with Crippen LogP contribution in [0.15, 0.2) is 72.8 Å². The fourth-order valence-electron chi connectivity index (χ4n) is 5.46. The second kappa shape index (κ2) is 11.2. The summed E-state index contributed by atoms with van der Waals surface area (Å²) in [5.74, 6) is -0.367. The lowest BCUT2D eigenvalue weighted by atomic mass is 10.0. The van der Waals surface area contributed by atoms with Crippen LogP contribution < -0.4 is 5.32 Å². The highest BCUT2D eigenvalue weighted by atomic mass is 35.5. The molecule has 0 spiro atoms. The second-order valence-corrected chi connectivity index (χ2v) is 10.7. The number of rotatable bonds is 7. The molecule has 2 amide bonds. The molecule has 192 valence electrons. The van der Waals surface area contributed by atoms with E-state index in [0.29, 0.717) is 35.5 Å². The zero-order valence-electron chi connectivity index (χ0n) is 20.2. The molecule has 2 fully saturated rings. The summed E-state index contributed by atoms with van der Waals surface area (Å²) in [4.78, 5) is 30.0. The molecule has 2 unspecified atom stereocenters. The Labute approximate surface area is 226 Å². The van der Waals surface area contributed by atoms with Crippen LogP contribution in [-0.4, -0.2) is 54.3 Å². The summed E-state index contributed by atoms with van der Waals surface area (Å²) in [7, 11) is 0. The van der Waals surface area contributed by atoms with Crippen molar-refractivity contribution in [2.45, 2.75) is 12.5 Å². The highest BCUT2D eigenvalue weighted by Gasteiger charge is 2.42. The summed E-state index contributed by atoms with van der Waals surface area (Å²) in [6, 6.07) is 21.0. The molecular weight excluding hydrogens is 512 g/mol. The summed E-state index contributed by atoms with van der Waals surface area (Å²) < 4.78 is 14.3. The molecule has 2 saturated heterocycles.